The lowest BCUT2D eigenvalue weighted by Gasteiger charge is -2.33. The van der Waals surface area contributed by atoms with Crippen LogP contribution in [0, 0.1) is 5.92 Å². The van der Waals surface area contributed by atoms with Crippen molar-refractivity contribution in [2.24, 2.45) is 5.92 Å². The van der Waals surface area contributed by atoms with Gasteiger partial charge in [-0.1, -0.05) is 38.8 Å². The van der Waals surface area contributed by atoms with Crippen molar-refractivity contribution in [3.05, 3.63) is 36.4 Å². The number of piperidine rings is 1. The summed E-state index contributed by atoms with van der Waals surface area (Å²) in [7, 11) is 0. The van der Waals surface area contributed by atoms with Gasteiger partial charge in [0.1, 0.15) is 0 Å². The number of anilines is 1. The second-order valence-corrected chi connectivity index (χ2v) is 8.89. The minimum atomic E-state index is -0.0716. The molecule has 0 amide bonds. The van der Waals surface area contributed by atoms with Crippen LogP contribution in [0.4, 0.5) is 5.69 Å². The van der Waals surface area contributed by atoms with Gasteiger partial charge in [0.15, 0.2) is 0 Å². The van der Waals surface area contributed by atoms with Crippen molar-refractivity contribution in [3.8, 4) is 22.9 Å². The molecule has 0 radical (unpaired) electrons. The molecule has 1 aromatic heterocycles. The van der Waals surface area contributed by atoms with Crippen molar-refractivity contribution < 1.29 is 19.0 Å². The molecule has 1 aliphatic rings. The second-order valence-electron chi connectivity index (χ2n) is 8.89. The van der Waals surface area contributed by atoms with E-state index in [0.29, 0.717) is 43.9 Å². The number of carbonyl (C=O) groups excluding carboxylic acids is 1. The van der Waals surface area contributed by atoms with Crippen molar-refractivity contribution in [3.63, 3.8) is 0 Å². The molecule has 3 rings (SSSR count). The molecule has 186 valence electrons. The lowest BCUT2D eigenvalue weighted by molar-refractivity contribution is -0.144. The Morgan fingerprint density at radius 2 is 1.62 bits per heavy atom. The fourth-order valence-electron chi connectivity index (χ4n) is 4.17. The molecule has 0 unspecified atom stereocenters. The number of nitrogens with zero attached hydrogens (tertiary/aromatic N) is 2. The van der Waals surface area contributed by atoms with Crippen molar-refractivity contribution >= 4 is 11.7 Å². The molecule has 1 aromatic carbocycles. The number of hydrogen-bond donors (Lipinski definition) is 0. The van der Waals surface area contributed by atoms with E-state index in [2.05, 4.69) is 48.0 Å². The second kappa shape index (κ2) is 13.8. The van der Waals surface area contributed by atoms with Crippen LogP contribution in [0.1, 0.15) is 65.7 Å². The first-order valence-corrected chi connectivity index (χ1v) is 12.9. The van der Waals surface area contributed by atoms with Gasteiger partial charge in [-0.05, 0) is 62.3 Å². The first kappa shape index (κ1) is 25.9. The van der Waals surface area contributed by atoms with E-state index in [0.717, 1.165) is 62.7 Å². The number of rotatable bonds is 13. The number of pyridine rings is 1. The summed E-state index contributed by atoms with van der Waals surface area (Å²) in [5.41, 5.74) is 3.28. The van der Waals surface area contributed by atoms with Gasteiger partial charge >= 0.3 is 5.97 Å². The molecule has 6 nitrogen and oxygen atoms in total. The molecule has 34 heavy (non-hydrogen) atoms. The highest BCUT2D eigenvalue weighted by Crippen LogP contribution is 2.33. The summed E-state index contributed by atoms with van der Waals surface area (Å²) in [4.78, 5) is 18.8. The molecule has 2 aromatic rings. The Balaban J connectivity index is 1.65. The number of ether oxygens (including phenoxy) is 3. The number of unbranched alkanes of at least 4 members (excludes halogenated alkanes) is 2. The van der Waals surface area contributed by atoms with Crippen LogP contribution in [0.2, 0.25) is 0 Å². The van der Waals surface area contributed by atoms with Crippen LogP contribution in [-0.2, 0) is 9.53 Å². The maximum Gasteiger partial charge on any atom is 0.306 e. The number of hydrogen-bond acceptors (Lipinski definition) is 6. The maximum absolute atomic E-state index is 11.8. The van der Waals surface area contributed by atoms with Crippen LogP contribution >= 0.6 is 0 Å². The fraction of sp³-hybridized carbons (Fsp3) is 0.571. The summed E-state index contributed by atoms with van der Waals surface area (Å²) in [6, 6.07) is 12.6. The topological polar surface area (TPSA) is 60.9 Å². The third kappa shape index (κ3) is 7.64. The number of carbonyl (C=O) groups is 1. The van der Waals surface area contributed by atoms with E-state index < -0.39 is 0 Å². The van der Waals surface area contributed by atoms with Gasteiger partial charge in [-0.25, -0.2) is 0 Å². The summed E-state index contributed by atoms with van der Waals surface area (Å²) in [6.45, 7) is 9.85. The Bertz CT molecular complexity index is 876. The van der Waals surface area contributed by atoms with Gasteiger partial charge in [-0.15, -0.1) is 0 Å². The summed E-state index contributed by atoms with van der Waals surface area (Å²) < 4.78 is 17.0. The van der Waals surface area contributed by atoms with Crippen molar-refractivity contribution in [2.45, 2.75) is 65.7 Å². The zero-order valence-electron chi connectivity index (χ0n) is 21.1. The maximum atomic E-state index is 11.8. The summed E-state index contributed by atoms with van der Waals surface area (Å²) in [5, 5.41) is 0. The van der Waals surface area contributed by atoms with Crippen molar-refractivity contribution in [1.82, 2.24) is 4.98 Å². The minimum absolute atomic E-state index is 0.0716. The summed E-state index contributed by atoms with van der Waals surface area (Å²) in [6.07, 6.45) is 6.73. The van der Waals surface area contributed by atoms with Gasteiger partial charge in [-0.3, -0.25) is 4.79 Å². The normalized spacial score (nSPS) is 14.1. The quantitative estimate of drug-likeness (QED) is 0.255. The smallest absolute Gasteiger partial charge is 0.306 e. The van der Waals surface area contributed by atoms with Gasteiger partial charge < -0.3 is 19.1 Å². The monoisotopic (exact) mass is 468 g/mol. The third-order valence-electron chi connectivity index (χ3n) is 6.24. The van der Waals surface area contributed by atoms with E-state index in [1.165, 1.54) is 5.69 Å². The van der Waals surface area contributed by atoms with E-state index in [4.69, 9.17) is 14.2 Å². The molecule has 2 heterocycles. The van der Waals surface area contributed by atoms with Crippen LogP contribution in [0.15, 0.2) is 36.4 Å². The lowest BCUT2D eigenvalue weighted by Crippen LogP contribution is -2.34. The average Bonchev–Trinajstić information content (AvgIpc) is 2.85. The highest BCUT2D eigenvalue weighted by atomic mass is 16.5. The molecule has 1 saturated heterocycles. The van der Waals surface area contributed by atoms with Crippen LogP contribution in [0.3, 0.4) is 0 Å². The average molecular weight is 469 g/mol. The highest BCUT2D eigenvalue weighted by Gasteiger charge is 2.22. The van der Waals surface area contributed by atoms with Gasteiger partial charge in [-0.2, -0.15) is 4.98 Å². The Labute approximate surface area is 204 Å². The Hall–Kier alpha value is -2.76. The van der Waals surface area contributed by atoms with Crippen molar-refractivity contribution in [1.29, 1.82) is 0 Å². The first-order chi connectivity index (χ1) is 16.6. The number of benzene rings is 1. The third-order valence-corrected chi connectivity index (χ3v) is 6.24. The molecule has 1 aliphatic heterocycles. The predicted molar refractivity (Wildman–Crippen MR) is 137 cm³/mol. The predicted octanol–water partition coefficient (Wildman–Crippen LogP) is 6.28. The lowest BCUT2D eigenvalue weighted by atomic mass is 9.93. The molecule has 0 aliphatic carbocycles. The van der Waals surface area contributed by atoms with E-state index in [1.807, 2.05) is 19.1 Å². The van der Waals surface area contributed by atoms with Gasteiger partial charge in [0.25, 0.3) is 0 Å². The number of esters is 1. The number of aromatic nitrogens is 1. The largest absolute Gasteiger partial charge is 0.478 e. The minimum Gasteiger partial charge on any atom is -0.478 e. The van der Waals surface area contributed by atoms with E-state index in [9.17, 15) is 4.79 Å². The SMILES string of the molecule is CCCCOc1ccc(-c2ccc(N3CCC(CC(=O)OCC)CC3)cc2)c(OCCCC)n1. The molecule has 0 N–H and O–H groups in total. The van der Waals surface area contributed by atoms with Crippen LogP contribution in [0.25, 0.3) is 11.1 Å². The fourth-order valence-corrected chi connectivity index (χ4v) is 4.17. The first-order valence-electron chi connectivity index (χ1n) is 12.9. The van der Waals surface area contributed by atoms with Crippen LogP contribution in [0.5, 0.6) is 11.8 Å². The molecule has 6 heteroatoms. The Kier molecular flexibility index (Phi) is 10.5. The Morgan fingerprint density at radius 3 is 2.26 bits per heavy atom. The van der Waals surface area contributed by atoms with E-state index >= 15 is 0 Å². The molecular formula is C28H40N2O4. The van der Waals surface area contributed by atoms with Crippen molar-refractivity contribution in [2.75, 3.05) is 37.8 Å². The van der Waals surface area contributed by atoms with E-state index in [1.54, 1.807) is 0 Å². The molecule has 0 saturated carbocycles. The van der Waals surface area contributed by atoms with Gasteiger partial charge in [0.2, 0.25) is 11.8 Å². The molecule has 0 atom stereocenters. The van der Waals surface area contributed by atoms with Crippen LogP contribution < -0.4 is 14.4 Å². The van der Waals surface area contributed by atoms with Crippen LogP contribution in [-0.4, -0.2) is 43.9 Å². The molecule has 0 spiro atoms. The standard InChI is InChI=1S/C28H40N2O4/c1-4-7-19-33-26-14-13-25(28(29-26)34-20-8-5-2)23-9-11-24(12-10-23)30-17-15-22(16-18-30)21-27(31)32-6-3/h9-14,22H,4-8,15-21H2,1-3H3. The zero-order valence-corrected chi connectivity index (χ0v) is 21.1. The highest BCUT2D eigenvalue weighted by molar-refractivity contribution is 5.71. The molecule has 0 bridgehead atoms. The zero-order chi connectivity index (χ0) is 24.2. The Morgan fingerprint density at radius 1 is 0.941 bits per heavy atom. The summed E-state index contributed by atoms with van der Waals surface area (Å²) in [5.74, 6) is 1.60. The van der Waals surface area contributed by atoms with Gasteiger partial charge in [0, 0.05) is 36.8 Å². The molecule has 1 fully saturated rings. The van der Waals surface area contributed by atoms with E-state index in [-0.39, 0.29) is 5.97 Å². The molecular weight excluding hydrogens is 428 g/mol. The van der Waals surface area contributed by atoms with Gasteiger partial charge in [0.05, 0.1) is 19.8 Å². The summed E-state index contributed by atoms with van der Waals surface area (Å²) >= 11 is 0.